The highest BCUT2D eigenvalue weighted by Crippen LogP contribution is 2.19. The summed E-state index contributed by atoms with van der Waals surface area (Å²) in [6.07, 6.45) is 2.46. The summed E-state index contributed by atoms with van der Waals surface area (Å²) in [5.74, 6) is -0.145. The minimum Gasteiger partial charge on any atom is -0.494 e. The van der Waals surface area contributed by atoms with Crippen LogP contribution in [-0.2, 0) is 21.1 Å². The number of sulfone groups is 1. The maximum absolute atomic E-state index is 13.6. The van der Waals surface area contributed by atoms with Crippen LogP contribution < -0.4 is 4.74 Å². The van der Waals surface area contributed by atoms with Gasteiger partial charge in [0.15, 0.2) is 21.4 Å². The Morgan fingerprint density at radius 2 is 1.83 bits per heavy atom. The van der Waals surface area contributed by atoms with Gasteiger partial charge in [-0.25, -0.2) is 12.8 Å². The number of ketones is 1. The fourth-order valence-corrected chi connectivity index (χ4v) is 3.43. The van der Waals surface area contributed by atoms with Crippen LogP contribution in [0.5, 0.6) is 5.75 Å². The smallest absolute Gasteiger partial charge is 0.165 e. The number of methoxy groups -OCH3 is 1. The van der Waals surface area contributed by atoms with Crippen molar-refractivity contribution in [2.24, 2.45) is 0 Å². The molecule has 0 atom stereocenters. The van der Waals surface area contributed by atoms with Crippen molar-refractivity contribution < 1.29 is 22.3 Å². The molecule has 0 aromatic heterocycles. The number of carbonyl (C=O) groups is 1. The molecule has 24 heavy (non-hydrogen) atoms. The number of benzene rings is 1. The molecule has 1 rings (SSSR count). The number of halogens is 1. The van der Waals surface area contributed by atoms with E-state index in [1.54, 1.807) is 26.8 Å². The second kappa shape index (κ2) is 8.60. The Bertz CT molecular complexity index is 660. The average Bonchev–Trinajstić information content (AvgIpc) is 2.45. The van der Waals surface area contributed by atoms with E-state index in [-0.39, 0.29) is 23.7 Å². The molecule has 0 spiro atoms. The first kappa shape index (κ1) is 20.6. The third-order valence-corrected chi connectivity index (χ3v) is 6.61. The summed E-state index contributed by atoms with van der Waals surface area (Å²) in [4.78, 5) is 11.9. The Labute approximate surface area is 144 Å². The van der Waals surface area contributed by atoms with Gasteiger partial charge >= 0.3 is 0 Å². The molecule has 1 aromatic rings. The number of rotatable bonds is 9. The average molecular weight is 358 g/mol. The first-order valence-corrected chi connectivity index (χ1v) is 9.78. The van der Waals surface area contributed by atoms with Gasteiger partial charge in [0.2, 0.25) is 0 Å². The van der Waals surface area contributed by atoms with Crippen LogP contribution in [0, 0.1) is 5.82 Å². The number of hydrogen-bond acceptors (Lipinski definition) is 4. The summed E-state index contributed by atoms with van der Waals surface area (Å²) in [5, 5.41) is 0. The van der Waals surface area contributed by atoms with Crippen LogP contribution >= 0.6 is 0 Å². The highest BCUT2D eigenvalue weighted by molar-refractivity contribution is 7.92. The Balaban J connectivity index is 2.34. The van der Waals surface area contributed by atoms with Crippen LogP contribution in [0.1, 0.15) is 52.0 Å². The molecule has 0 aliphatic heterocycles. The quantitative estimate of drug-likeness (QED) is 0.631. The largest absolute Gasteiger partial charge is 0.494 e. The van der Waals surface area contributed by atoms with Crippen molar-refractivity contribution in [3.05, 3.63) is 29.6 Å². The van der Waals surface area contributed by atoms with E-state index in [1.165, 1.54) is 19.2 Å². The van der Waals surface area contributed by atoms with Gasteiger partial charge < -0.3 is 4.74 Å². The Kier molecular flexibility index (Phi) is 7.39. The van der Waals surface area contributed by atoms with Gasteiger partial charge in [0, 0.05) is 12.8 Å². The molecule has 4 nitrogen and oxygen atoms in total. The molecule has 0 aliphatic carbocycles. The van der Waals surface area contributed by atoms with Gasteiger partial charge in [0.25, 0.3) is 0 Å². The summed E-state index contributed by atoms with van der Waals surface area (Å²) in [5.41, 5.74) is 0.619. The maximum Gasteiger partial charge on any atom is 0.165 e. The van der Waals surface area contributed by atoms with Crippen molar-refractivity contribution in [3.8, 4) is 5.75 Å². The molecule has 0 aliphatic rings. The van der Waals surface area contributed by atoms with Crippen LogP contribution in [0.2, 0.25) is 0 Å². The second-order valence-corrected chi connectivity index (χ2v) is 9.79. The Morgan fingerprint density at radius 3 is 2.38 bits per heavy atom. The van der Waals surface area contributed by atoms with Gasteiger partial charge in [0.05, 0.1) is 17.6 Å². The van der Waals surface area contributed by atoms with E-state index in [0.29, 0.717) is 31.2 Å². The lowest BCUT2D eigenvalue weighted by Gasteiger charge is -2.18. The van der Waals surface area contributed by atoms with Crippen molar-refractivity contribution in [2.75, 3.05) is 12.9 Å². The Hall–Kier alpha value is -1.43. The van der Waals surface area contributed by atoms with Crippen LogP contribution in [0.25, 0.3) is 0 Å². The van der Waals surface area contributed by atoms with Gasteiger partial charge in [-0.1, -0.05) is 12.5 Å². The molecule has 0 heterocycles. The van der Waals surface area contributed by atoms with E-state index >= 15 is 0 Å². The third kappa shape index (κ3) is 6.23. The summed E-state index contributed by atoms with van der Waals surface area (Å²) >= 11 is 0. The summed E-state index contributed by atoms with van der Waals surface area (Å²) < 4.78 is 41.6. The lowest BCUT2D eigenvalue weighted by Crippen LogP contribution is -2.30. The van der Waals surface area contributed by atoms with E-state index in [2.05, 4.69) is 0 Å². The van der Waals surface area contributed by atoms with Crippen molar-refractivity contribution in [1.29, 1.82) is 0 Å². The zero-order valence-electron chi connectivity index (χ0n) is 14.9. The molecule has 0 saturated heterocycles. The van der Waals surface area contributed by atoms with Gasteiger partial charge in [-0.2, -0.15) is 0 Å². The first-order chi connectivity index (χ1) is 11.1. The van der Waals surface area contributed by atoms with Crippen LogP contribution in [0.3, 0.4) is 0 Å². The Morgan fingerprint density at radius 1 is 1.17 bits per heavy atom. The lowest BCUT2D eigenvalue weighted by molar-refractivity contribution is -0.118. The minimum atomic E-state index is -3.10. The first-order valence-electron chi connectivity index (χ1n) is 8.13. The minimum absolute atomic E-state index is 0.0262. The molecule has 0 unspecified atom stereocenters. The van der Waals surface area contributed by atoms with E-state index in [1.807, 2.05) is 0 Å². The molecule has 0 fully saturated rings. The van der Waals surface area contributed by atoms with E-state index in [9.17, 15) is 17.6 Å². The number of ether oxygens (including phenoxy) is 1. The summed E-state index contributed by atoms with van der Waals surface area (Å²) in [6, 6.07) is 4.50. The third-order valence-electron chi connectivity index (χ3n) is 3.92. The van der Waals surface area contributed by atoms with Crippen LogP contribution in [0.4, 0.5) is 4.39 Å². The molecule has 0 bridgehead atoms. The lowest BCUT2D eigenvalue weighted by atomic mass is 10.0. The zero-order chi connectivity index (χ0) is 18.4. The standard InChI is InChI=1S/C18H27FO4S/c1-18(2,3)24(21,22)11-7-5-6-8-15(20)12-14-9-10-17(23-4)16(19)13-14/h9-10,13H,5-8,11-12H2,1-4H3. The molecular weight excluding hydrogens is 331 g/mol. The predicted octanol–water partition coefficient (Wildman–Crippen LogP) is 3.72. The number of hydrogen-bond donors (Lipinski definition) is 0. The van der Waals surface area contributed by atoms with E-state index in [4.69, 9.17) is 4.74 Å². The van der Waals surface area contributed by atoms with E-state index in [0.717, 1.165) is 0 Å². The fourth-order valence-electron chi connectivity index (χ4n) is 2.23. The molecule has 0 amide bonds. The zero-order valence-corrected chi connectivity index (χ0v) is 15.7. The normalized spacial score (nSPS) is 12.2. The number of Topliss-reactive ketones (excluding diaryl/α,β-unsaturated/α-hetero) is 1. The van der Waals surface area contributed by atoms with Crippen LogP contribution in [0.15, 0.2) is 18.2 Å². The predicted molar refractivity (Wildman–Crippen MR) is 93.7 cm³/mol. The highest BCUT2D eigenvalue weighted by atomic mass is 32.2. The van der Waals surface area contributed by atoms with Crippen molar-refractivity contribution in [1.82, 2.24) is 0 Å². The maximum atomic E-state index is 13.6. The van der Waals surface area contributed by atoms with Gasteiger partial charge in [-0.05, 0) is 51.3 Å². The van der Waals surface area contributed by atoms with Gasteiger partial charge in [0.1, 0.15) is 5.78 Å². The molecular formula is C18H27FO4S. The second-order valence-electron chi connectivity index (χ2n) is 6.93. The monoisotopic (exact) mass is 358 g/mol. The van der Waals surface area contributed by atoms with Crippen molar-refractivity contribution in [2.45, 2.75) is 57.6 Å². The highest BCUT2D eigenvalue weighted by Gasteiger charge is 2.27. The fraction of sp³-hybridized carbons (Fsp3) is 0.611. The molecule has 6 heteroatoms. The van der Waals surface area contributed by atoms with Gasteiger partial charge in [-0.3, -0.25) is 4.79 Å². The van der Waals surface area contributed by atoms with Crippen LogP contribution in [-0.4, -0.2) is 31.8 Å². The summed E-state index contributed by atoms with van der Waals surface area (Å²) in [6.45, 7) is 5.08. The molecule has 0 radical (unpaired) electrons. The molecule has 136 valence electrons. The molecule has 0 saturated carbocycles. The topological polar surface area (TPSA) is 60.4 Å². The SMILES string of the molecule is COc1ccc(CC(=O)CCCCCS(=O)(=O)C(C)(C)C)cc1F. The number of unbranched alkanes of at least 4 members (excludes halogenated alkanes) is 2. The summed E-state index contributed by atoms with van der Waals surface area (Å²) in [7, 11) is -1.70. The van der Waals surface area contributed by atoms with E-state index < -0.39 is 20.4 Å². The number of carbonyl (C=O) groups excluding carboxylic acids is 1. The van der Waals surface area contributed by atoms with Crippen molar-refractivity contribution in [3.63, 3.8) is 0 Å². The molecule has 0 N–H and O–H groups in total. The van der Waals surface area contributed by atoms with Crippen molar-refractivity contribution >= 4 is 15.6 Å². The van der Waals surface area contributed by atoms with Gasteiger partial charge in [-0.15, -0.1) is 0 Å². The molecule has 1 aromatic carbocycles.